The summed E-state index contributed by atoms with van der Waals surface area (Å²) in [5.74, 6) is -1.35. The van der Waals surface area contributed by atoms with Crippen LogP contribution < -0.4 is 9.47 Å². The molecule has 2 aromatic carbocycles. The predicted octanol–water partition coefficient (Wildman–Crippen LogP) is 3.22. The van der Waals surface area contributed by atoms with Crippen LogP contribution in [-0.4, -0.2) is 25.8 Å². The van der Waals surface area contributed by atoms with Gasteiger partial charge in [0.15, 0.2) is 17.5 Å². The zero-order valence-corrected chi connectivity index (χ0v) is 13.7. The van der Waals surface area contributed by atoms with E-state index in [2.05, 4.69) is 0 Å². The van der Waals surface area contributed by atoms with Gasteiger partial charge < -0.3 is 9.47 Å². The predicted molar refractivity (Wildman–Crippen MR) is 88.5 cm³/mol. The van der Waals surface area contributed by atoms with Gasteiger partial charge in [0.1, 0.15) is 11.5 Å². The van der Waals surface area contributed by atoms with Crippen molar-refractivity contribution in [3.63, 3.8) is 0 Å². The number of ketones is 2. The van der Waals surface area contributed by atoms with E-state index in [4.69, 9.17) is 9.47 Å². The number of carbonyl (C=O) groups is 2. The number of carbonyl (C=O) groups excluding carboxylic acids is 2. The molecule has 0 aliphatic heterocycles. The van der Waals surface area contributed by atoms with Crippen molar-refractivity contribution in [2.24, 2.45) is 5.92 Å². The van der Waals surface area contributed by atoms with Gasteiger partial charge in [0.05, 0.1) is 20.3 Å². The van der Waals surface area contributed by atoms with Crippen molar-refractivity contribution < 1.29 is 19.1 Å². The number of benzene rings is 2. The monoisotopic (exact) mass is 323 g/mol. The first-order valence-corrected chi connectivity index (χ1v) is 7.28. The SMILES string of the molecule is COc1ccc(C(=O)C(C#N)C(=O)c2ccc(C)c(OC)c2)cc1. The van der Waals surface area contributed by atoms with Gasteiger partial charge in [0, 0.05) is 11.1 Å². The second kappa shape index (κ2) is 7.42. The van der Waals surface area contributed by atoms with Crippen LogP contribution in [-0.2, 0) is 0 Å². The fraction of sp³-hybridized carbons (Fsp3) is 0.211. The summed E-state index contributed by atoms with van der Waals surface area (Å²) < 4.78 is 10.2. The van der Waals surface area contributed by atoms with E-state index in [1.165, 1.54) is 26.4 Å². The van der Waals surface area contributed by atoms with Crippen LogP contribution in [0.5, 0.6) is 11.5 Å². The van der Waals surface area contributed by atoms with Crippen molar-refractivity contribution in [2.45, 2.75) is 6.92 Å². The fourth-order valence-corrected chi connectivity index (χ4v) is 2.30. The van der Waals surface area contributed by atoms with Crippen LogP contribution in [0.2, 0.25) is 0 Å². The second-order valence-electron chi connectivity index (χ2n) is 5.20. The lowest BCUT2D eigenvalue weighted by atomic mass is 9.90. The molecule has 2 aromatic rings. The Balaban J connectivity index is 2.31. The van der Waals surface area contributed by atoms with E-state index in [0.717, 1.165) is 5.56 Å². The first-order chi connectivity index (χ1) is 11.5. The Labute approximate surface area is 140 Å². The Kier molecular flexibility index (Phi) is 5.33. The number of methoxy groups -OCH3 is 2. The minimum absolute atomic E-state index is 0.269. The molecule has 5 nitrogen and oxygen atoms in total. The Bertz CT molecular complexity index is 803. The van der Waals surface area contributed by atoms with Gasteiger partial charge in [-0.2, -0.15) is 5.26 Å². The van der Waals surface area contributed by atoms with Gasteiger partial charge in [0.2, 0.25) is 0 Å². The zero-order valence-electron chi connectivity index (χ0n) is 13.7. The van der Waals surface area contributed by atoms with Crippen molar-refractivity contribution in [1.82, 2.24) is 0 Å². The van der Waals surface area contributed by atoms with Crippen LogP contribution in [0.25, 0.3) is 0 Å². The molecule has 24 heavy (non-hydrogen) atoms. The van der Waals surface area contributed by atoms with Crippen molar-refractivity contribution in [3.8, 4) is 17.6 Å². The number of ether oxygens (including phenoxy) is 2. The minimum atomic E-state index is -1.40. The van der Waals surface area contributed by atoms with E-state index >= 15 is 0 Å². The highest BCUT2D eigenvalue weighted by atomic mass is 16.5. The van der Waals surface area contributed by atoms with E-state index < -0.39 is 17.5 Å². The maximum atomic E-state index is 12.6. The molecule has 5 heteroatoms. The van der Waals surface area contributed by atoms with Crippen LogP contribution in [0, 0.1) is 24.2 Å². The number of hydrogen-bond acceptors (Lipinski definition) is 5. The molecule has 0 saturated carbocycles. The summed E-state index contributed by atoms with van der Waals surface area (Å²) in [7, 11) is 3.02. The summed E-state index contributed by atoms with van der Waals surface area (Å²) in [6.45, 7) is 1.84. The summed E-state index contributed by atoms with van der Waals surface area (Å²) in [6.07, 6.45) is 0. The number of aryl methyl sites for hydroxylation is 1. The van der Waals surface area contributed by atoms with Crippen LogP contribution in [0.4, 0.5) is 0 Å². The first-order valence-electron chi connectivity index (χ1n) is 7.28. The van der Waals surface area contributed by atoms with Gasteiger partial charge in [-0.05, 0) is 42.8 Å². The van der Waals surface area contributed by atoms with Crippen LogP contribution >= 0.6 is 0 Å². The van der Waals surface area contributed by atoms with Crippen molar-refractivity contribution in [1.29, 1.82) is 5.26 Å². The lowest BCUT2D eigenvalue weighted by Crippen LogP contribution is -2.23. The first kappa shape index (κ1) is 17.2. The number of nitrogens with zero attached hydrogens (tertiary/aromatic N) is 1. The van der Waals surface area contributed by atoms with Crippen LogP contribution in [0.15, 0.2) is 42.5 Å². The molecule has 122 valence electrons. The van der Waals surface area contributed by atoms with E-state index in [1.54, 1.807) is 30.3 Å². The second-order valence-corrected chi connectivity index (χ2v) is 5.20. The molecular formula is C19H17NO4. The van der Waals surface area contributed by atoms with E-state index in [1.807, 2.05) is 13.0 Å². The lowest BCUT2D eigenvalue weighted by molar-refractivity contribution is 0.0845. The average Bonchev–Trinajstić information content (AvgIpc) is 2.62. The maximum Gasteiger partial charge on any atom is 0.188 e. The average molecular weight is 323 g/mol. The summed E-state index contributed by atoms with van der Waals surface area (Å²) in [5, 5.41) is 9.32. The lowest BCUT2D eigenvalue weighted by Gasteiger charge is -2.10. The molecular weight excluding hydrogens is 306 g/mol. The molecule has 0 bridgehead atoms. The summed E-state index contributed by atoms with van der Waals surface area (Å²) in [4.78, 5) is 25.1. The number of hydrogen-bond donors (Lipinski definition) is 0. The molecule has 0 heterocycles. The topological polar surface area (TPSA) is 76.4 Å². The van der Waals surface area contributed by atoms with Crippen molar-refractivity contribution in [2.75, 3.05) is 14.2 Å². The number of Topliss-reactive ketones (excluding diaryl/α,β-unsaturated/α-hetero) is 2. The molecule has 0 amide bonds. The molecule has 1 unspecified atom stereocenters. The molecule has 1 atom stereocenters. The number of nitriles is 1. The van der Waals surface area contributed by atoms with Crippen LogP contribution in [0.1, 0.15) is 26.3 Å². The Morgan fingerprint density at radius 1 is 0.958 bits per heavy atom. The standard InChI is InChI=1S/C19H17NO4/c1-12-4-5-14(10-17(12)24-3)19(22)16(11-20)18(21)13-6-8-15(23-2)9-7-13/h4-10,16H,1-3H3. The smallest absolute Gasteiger partial charge is 0.188 e. The normalized spacial score (nSPS) is 11.2. The van der Waals surface area contributed by atoms with Crippen molar-refractivity contribution >= 4 is 11.6 Å². The fourth-order valence-electron chi connectivity index (χ4n) is 2.30. The van der Waals surface area contributed by atoms with Gasteiger partial charge in [-0.25, -0.2) is 0 Å². The molecule has 0 aliphatic rings. The molecule has 0 radical (unpaired) electrons. The van der Waals surface area contributed by atoms with Crippen molar-refractivity contribution in [3.05, 3.63) is 59.2 Å². The quantitative estimate of drug-likeness (QED) is 0.602. The molecule has 0 fully saturated rings. The van der Waals surface area contributed by atoms with E-state index in [9.17, 15) is 14.9 Å². The molecule has 0 N–H and O–H groups in total. The maximum absolute atomic E-state index is 12.6. The molecule has 0 spiro atoms. The number of rotatable bonds is 6. The van der Waals surface area contributed by atoms with Gasteiger partial charge in [-0.3, -0.25) is 9.59 Å². The largest absolute Gasteiger partial charge is 0.497 e. The van der Waals surface area contributed by atoms with E-state index in [0.29, 0.717) is 11.5 Å². The summed E-state index contributed by atoms with van der Waals surface area (Å²) in [5.41, 5.74) is 1.42. The van der Waals surface area contributed by atoms with Gasteiger partial charge in [-0.1, -0.05) is 12.1 Å². The molecule has 0 saturated heterocycles. The van der Waals surface area contributed by atoms with Gasteiger partial charge in [-0.15, -0.1) is 0 Å². The summed E-state index contributed by atoms with van der Waals surface area (Å²) >= 11 is 0. The minimum Gasteiger partial charge on any atom is -0.497 e. The van der Waals surface area contributed by atoms with Gasteiger partial charge in [0.25, 0.3) is 0 Å². The Morgan fingerprint density at radius 2 is 1.54 bits per heavy atom. The Hall–Kier alpha value is -3.13. The summed E-state index contributed by atoms with van der Waals surface area (Å²) in [6, 6.07) is 13.0. The molecule has 2 rings (SSSR count). The Morgan fingerprint density at radius 3 is 2.08 bits per heavy atom. The highest BCUT2D eigenvalue weighted by molar-refractivity contribution is 6.18. The molecule has 0 aliphatic carbocycles. The van der Waals surface area contributed by atoms with Gasteiger partial charge >= 0.3 is 0 Å². The highest BCUT2D eigenvalue weighted by Crippen LogP contribution is 2.23. The zero-order chi connectivity index (χ0) is 17.7. The highest BCUT2D eigenvalue weighted by Gasteiger charge is 2.28. The van der Waals surface area contributed by atoms with Crippen LogP contribution in [0.3, 0.4) is 0 Å². The third-order valence-corrected chi connectivity index (χ3v) is 3.72. The van der Waals surface area contributed by atoms with E-state index in [-0.39, 0.29) is 11.1 Å². The molecule has 0 aromatic heterocycles. The third kappa shape index (κ3) is 3.44. The third-order valence-electron chi connectivity index (χ3n) is 3.72.